The van der Waals surface area contributed by atoms with E-state index in [2.05, 4.69) is 0 Å². The summed E-state index contributed by atoms with van der Waals surface area (Å²) in [5.74, 6) is 0.140. The van der Waals surface area contributed by atoms with Crippen molar-refractivity contribution in [2.75, 3.05) is 27.9 Å². The van der Waals surface area contributed by atoms with Gasteiger partial charge < -0.3 is 24.1 Å². The van der Waals surface area contributed by atoms with E-state index in [0.29, 0.717) is 17.1 Å². The molecule has 0 spiro atoms. The highest BCUT2D eigenvalue weighted by Gasteiger charge is 2.18. The Morgan fingerprint density at radius 3 is 2.30 bits per heavy atom. The highest BCUT2D eigenvalue weighted by molar-refractivity contribution is 5.90. The van der Waals surface area contributed by atoms with Crippen molar-refractivity contribution in [1.29, 1.82) is 0 Å². The molecule has 20 heavy (non-hydrogen) atoms. The van der Waals surface area contributed by atoms with Crippen LogP contribution in [0.2, 0.25) is 0 Å². The van der Waals surface area contributed by atoms with Crippen LogP contribution in [0.3, 0.4) is 0 Å². The molecule has 0 bridgehead atoms. The third-order valence-electron chi connectivity index (χ3n) is 2.52. The molecule has 0 aliphatic rings. The van der Waals surface area contributed by atoms with Crippen LogP contribution in [0.25, 0.3) is 5.76 Å². The summed E-state index contributed by atoms with van der Waals surface area (Å²) < 4.78 is 20.3. The lowest BCUT2D eigenvalue weighted by atomic mass is 10.1. The summed E-state index contributed by atoms with van der Waals surface area (Å²) in [6.45, 7) is 1.91. The summed E-state index contributed by atoms with van der Waals surface area (Å²) in [7, 11) is 4.37. The van der Waals surface area contributed by atoms with Crippen LogP contribution in [0.4, 0.5) is 0 Å². The molecule has 0 saturated heterocycles. The number of benzene rings is 1. The number of esters is 1. The molecule has 0 atom stereocenters. The number of carbonyl (C=O) groups excluding carboxylic acids is 1. The smallest absolute Gasteiger partial charge is 0.334 e. The molecule has 6 heteroatoms. The summed E-state index contributed by atoms with van der Waals surface area (Å²) in [5, 5.41) is 10.00. The van der Waals surface area contributed by atoms with E-state index in [9.17, 15) is 9.90 Å². The number of hydrogen-bond donors (Lipinski definition) is 1. The monoisotopic (exact) mass is 282 g/mol. The number of methoxy groups -OCH3 is 3. The maximum atomic E-state index is 11.3. The van der Waals surface area contributed by atoms with E-state index < -0.39 is 5.97 Å². The van der Waals surface area contributed by atoms with Crippen LogP contribution in [-0.4, -0.2) is 39.0 Å². The quantitative estimate of drug-likeness (QED) is 0.489. The number of aliphatic hydroxyl groups is 1. The molecule has 0 aliphatic carbocycles. The average Bonchev–Trinajstić information content (AvgIpc) is 2.45. The van der Waals surface area contributed by atoms with Gasteiger partial charge in [0.05, 0.1) is 39.6 Å². The molecule has 0 aliphatic heterocycles. The first-order valence-electron chi connectivity index (χ1n) is 5.95. The van der Waals surface area contributed by atoms with Gasteiger partial charge >= 0.3 is 5.97 Å². The molecule has 0 radical (unpaired) electrons. The summed E-state index contributed by atoms with van der Waals surface area (Å²) in [6.07, 6.45) is 0.979. The van der Waals surface area contributed by atoms with Gasteiger partial charge in [-0.3, -0.25) is 0 Å². The minimum atomic E-state index is -0.637. The van der Waals surface area contributed by atoms with Crippen molar-refractivity contribution in [3.8, 4) is 17.2 Å². The lowest BCUT2D eigenvalue weighted by Crippen LogP contribution is -2.02. The molecule has 0 heterocycles. The second-order valence-corrected chi connectivity index (χ2v) is 3.66. The Bertz CT molecular complexity index is 507. The summed E-state index contributed by atoms with van der Waals surface area (Å²) >= 11 is 0. The molecular weight excluding hydrogens is 264 g/mol. The van der Waals surface area contributed by atoms with Gasteiger partial charge in [-0.05, 0) is 19.1 Å². The molecule has 0 unspecified atom stereocenters. The second-order valence-electron chi connectivity index (χ2n) is 3.66. The van der Waals surface area contributed by atoms with Crippen LogP contribution in [0.5, 0.6) is 17.2 Å². The second kappa shape index (κ2) is 7.28. The molecule has 6 nitrogen and oxygen atoms in total. The summed E-state index contributed by atoms with van der Waals surface area (Å²) in [5.41, 5.74) is 0.304. The zero-order valence-electron chi connectivity index (χ0n) is 11.9. The Balaban J connectivity index is 3.28. The van der Waals surface area contributed by atoms with Gasteiger partial charge in [-0.2, -0.15) is 0 Å². The maximum Gasteiger partial charge on any atom is 0.334 e. The van der Waals surface area contributed by atoms with Crippen LogP contribution in [0.15, 0.2) is 18.2 Å². The molecule has 0 aromatic heterocycles. The number of aliphatic hydroxyl groups excluding tert-OH is 1. The largest absolute Gasteiger partial charge is 0.507 e. The Kier molecular flexibility index (Phi) is 5.71. The van der Waals surface area contributed by atoms with Crippen molar-refractivity contribution < 1.29 is 28.8 Å². The zero-order chi connectivity index (χ0) is 15.1. The minimum absolute atomic E-state index is 0.228. The molecule has 1 rings (SSSR count). The van der Waals surface area contributed by atoms with Crippen molar-refractivity contribution in [2.24, 2.45) is 0 Å². The Morgan fingerprint density at radius 1 is 1.15 bits per heavy atom. The standard InChI is InChI=1S/C14H18O6/c1-5-20-12(16)8-10(15)9-6-7-11(17-2)14(19-4)13(9)18-3/h6-8,15H,5H2,1-4H3. The van der Waals surface area contributed by atoms with Gasteiger partial charge in [0.15, 0.2) is 11.5 Å². The van der Waals surface area contributed by atoms with E-state index in [-0.39, 0.29) is 18.1 Å². The van der Waals surface area contributed by atoms with E-state index in [4.69, 9.17) is 18.9 Å². The normalized spacial score (nSPS) is 10.9. The molecule has 0 fully saturated rings. The Labute approximate surface area is 117 Å². The van der Waals surface area contributed by atoms with Crippen LogP contribution in [0, 0.1) is 0 Å². The van der Waals surface area contributed by atoms with Crippen molar-refractivity contribution in [2.45, 2.75) is 6.92 Å². The fourth-order valence-corrected chi connectivity index (χ4v) is 1.68. The Morgan fingerprint density at radius 2 is 1.80 bits per heavy atom. The molecule has 1 N–H and O–H groups in total. The van der Waals surface area contributed by atoms with Gasteiger partial charge in [-0.15, -0.1) is 0 Å². The number of hydrogen-bond acceptors (Lipinski definition) is 6. The predicted molar refractivity (Wildman–Crippen MR) is 73.3 cm³/mol. The fourth-order valence-electron chi connectivity index (χ4n) is 1.68. The van der Waals surface area contributed by atoms with Gasteiger partial charge in [0.1, 0.15) is 5.76 Å². The van der Waals surface area contributed by atoms with Crippen LogP contribution in [0.1, 0.15) is 12.5 Å². The Hall–Kier alpha value is -2.37. The van der Waals surface area contributed by atoms with E-state index in [1.54, 1.807) is 19.1 Å². The first-order valence-corrected chi connectivity index (χ1v) is 5.95. The molecule has 0 saturated carbocycles. The number of ether oxygens (including phenoxy) is 4. The van der Waals surface area contributed by atoms with Gasteiger partial charge in [-0.1, -0.05) is 0 Å². The zero-order valence-corrected chi connectivity index (χ0v) is 11.9. The topological polar surface area (TPSA) is 74.2 Å². The number of rotatable bonds is 6. The van der Waals surface area contributed by atoms with E-state index in [1.165, 1.54) is 21.3 Å². The van der Waals surface area contributed by atoms with Crippen molar-refractivity contribution in [3.05, 3.63) is 23.8 Å². The predicted octanol–water partition coefficient (Wildman–Crippen LogP) is 2.17. The average molecular weight is 282 g/mol. The lowest BCUT2D eigenvalue weighted by molar-refractivity contribution is -0.137. The van der Waals surface area contributed by atoms with E-state index in [0.717, 1.165) is 6.08 Å². The van der Waals surface area contributed by atoms with Crippen molar-refractivity contribution >= 4 is 11.7 Å². The first kappa shape index (κ1) is 15.7. The van der Waals surface area contributed by atoms with E-state index >= 15 is 0 Å². The minimum Gasteiger partial charge on any atom is -0.507 e. The third kappa shape index (κ3) is 3.34. The molecule has 1 aromatic carbocycles. The summed E-state index contributed by atoms with van der Waals surface area (Å²) in [6, 6.07) is 3.16. The molecule has 1 aromatic rings. The molecular formula is C14H18O6. The van der Waals surface area contributed by atoms with Gasteiger partial charge in [0.2, 0.25) is 5.75 Å². The summed E-state index contributed by atoms with van der Waals surface area (Å²) in [4.78, 5) is 11.3. The molecule has 110 valence electrons. The van der Waals surface area contributed by atoms with Gasteiger partial charge in [0.25, 0.3) is 0 Å². The van der Waals surface area contributed by atoms with Gasteiger partial charge in [-0.25, -0.2) is 4.79 Å². The third-order valence-corrected chi connectivity index (χ3v) is 2.52. The lowest BCUT2D eigenvalue weighted by Gasteiger charge is -2.15. The van der Waals surface area contributed by atoms with Crippen molar-refractivity contribution in [1.82, 2.24) is 0 Å². The number of carbonyl (C=O) groups is 1. The maximum absolute atomic E-state index is 11.3. The van der Waals surface area contributed by atoms with Crippen LogP contribution in [-0.2, 0) is 9.53 Å². The fraction of sp³-hybridized carbons (Fsp3) is 0.357. The van der Waals surface area contributed by atoms with E-state index in [1.807, 2.05) is 0 Å². The highest BCUT2D eigenvalue weighted by Crippen LogP contribution is 2.41. The van der Waals surface area contributed by atoms with Crippen molar-refractivity contribution in [3.63, 3.8) is 0 Å². The van der Waals surface area contributed by atoms with Crippen LogP contribution >= 0.6 is 0 Å². The molecule has 0 amide bonds. The van der Waals surface area contributed by atoms with Crippen LogP contribution < -0.4 is 14.2 Å². The first-order chi connectivity index (χ1) is 9.58. The van der Waals surface area contributed by atoms with Gasteiger partial charge in [0, 0.05) is 0 Å². The highest BCUT2D eigenvalue weighted by atomic mass is 16.5. The SMILES string of the molecule is CCOC(=O)C=C(O)c1ccc(OC)c(OC)c1OC.